The maximum atomic E-state index is 12.6. The van der Waals surface area contributed by atoms with Gasteiger partial charge in [-0.1, -0.05) is 11.6 Å². The number of halogens is 1. The third-order valence-electron chi connectivity index (χ3n) is 6.18. The average molecular weight is 547 g/mol. The molecule has 1 aromatic carbocycles. The highest BCUT2D eigenvalue weighted by Gasteiger charge is 2.27. The number of aromatic nitrogens is 2. The molecule has 3 rings (SSSR count). The third kappa shape index (κ3) is 6.72. The summed E-state index contributed by atoms with van der Waals surface area (Å²) in [5, 5.41) is 13.3. The lowest BCUT2D eigenvalue weighted by Gasteiger charge is -2.35. The minimum Gasteiger partial charge on any atom is -0.491 e. The van der Waals surface area contributed by atoms with E-state index in [1.165, 1.54) is 14.0 Å². The number of anilines is 1. The van der Waals surface area contributed by atoms with E-state index < -0.39 is 6.10 Å². The molecule has 1 aromatic heterocycles. The number of hydrogen-bond donors (Lipinski definition) is 3. The number of nitrogens with two attached hydrogens (primary N) is 1. The van der Waals surface area contributed by atoms with Crippen molar-refractivity contribution < 1.29 is 24.2 Å². The number of ether oxygens (including phenoxy) is 2. The molecular formula is C26H35ClN6O5. The van der Waals surface area contributed by atoms with Gasteiger partial charge >= 0.3 is 6.09 Å². The van der Waals surface area contributed by atoms with E-state index in [9.17, 15) is 14.7 Å². The fraction of sp³-hybridized carbons (Fsp3) is 0.462. The second kappa shape index (κ2) is 12.9. The Morgan fingerprint density at radius 1 is 1.21 bits per heavy atom. The average Bonchev–Trinajstić information content (AvgIpc) is 2.88. The predicted molar refractivity (Wildman–Crippen MR) is 146 cm³/mol. The lowest BCUT2D eigenvalue weighted by molar-refractivity contribution is -0.111. The van der Waals surface area contributed by atoms with Gasteiger partial charge in [0.05, 0.1) is 23.4 Å². The Kier molecular flexibility index (Phi) is 9.90. The van der Waals surface area contributed by atoms with Gasteiger partial charge in [0.2, 0.25) is 0 Å². The van der Waals surface area contributed by atoms with E-state index in [2.05, 4.69) is 5.32 Å². The summed E-state index contributed by atoms with van der Waals surface area (Å²) in [6.07, 6.45) is -1.07. The van der Waals surface area contributed by atoms with Crippen molar-refractivity contribution in [2.45, 2.75) is 26.9 Å². The van der Waals surface area contributed by atoms with Crippen molar-refractivity contribution in [2.75, 3.05) is 58.4 Å². The quantitative estimate of drug-likeness (QED) is 0.400. The summed E-state index contributed by atoms with van der Waals surface area (Å²) in [4.78, 5) is 37.8. The van der Waals surface area contributed by atoms with Crippen molar-refractivity contribution >= 4 is 34.9 Å². The van der Waals surface area contributed by atoms with Crippen LogP contribution in [-0.2, 0) is 9.53 Å². The summed E-state index contributed by atoms with van der Waals surface area (Å²) in [5.41, 5.74) is 8.37. The molecule has 0 bridgehead atoms. The van der Waals surface area contributed by atoms with E-state index in [0.29, 0.717) is 83.2 Å². The molecule has 0 aliphatic carbocycles. The fourth-order valence-corrected chi connectivity index (χ4v) is 4.49. The number of carbonyl (C=O) groups excluding carboxylic acids is 2. The molecule has 206 valence electrons. The zero-order valence-electron chi connectivity index (χ0n) is 22.4. The minimum absolute atomic E-state index is 0.0846. The molecule has 1 aliphatic rings. The highest BCUT2D eigenvalue weighted by atomic mass is 35.5. The highest BCUT2D eigenvalue weighted by Crippen LogP contribution is 2.34. The van der Waals surface area contributed by atoms with Gasteiger partial charge < -0.3 is 35.4 Å². The second-order valence-corrected chi connectivity index (χ2v) is 9.47. The molecule has 1 atom stereocenters. The van der Waals surface area contributed by atoms with Gasteiger partial charge in [-0.2, -0.15) is 0 Å². The van der Waals surface area contributed by atoms with Crippen LogP contribution in [0.1, 0.15) is 25.1 Å². The van der Waals surface area contributed by atoms with Gasteiger partial charge in [0.1, 0.15) is 24.3 Å². The summed E-state index contributed by atoms with van der Waals surface area (Å²) in [6, 6.07) is 5.07. The number of allylic oxidation sites excluding steroid dienone is 2. The standard InChI is InChI=1S/C26H35ClN6O5/c1-15-23(22(16(2)28)17(3)34)30-24(31-25(15)32-8-10-33(11-9-32)26(36)37-5)20-12-19(6-7-21(20)27)38-14-18(35)13-29-4/h6-7,12,18,29,35H,8-11,13-14,28H2,1-5H3/t18-/m1/s1. The number of rotatable bonds is 9. The van der Waals surface area contributed by atoms with Crippen molar-refractivity contribution in [1.29, 1.82) is 0 Å². The number of benzene rings is 1. The SMILES string of the molecule is CNC[C@@H](O)COc1ccc(Cl)c(-c2nc(C(C(C)=O)=C(C)N)c(C)c(N3CCN(C(=O)OC)CC3)n2)c1. The molecule has 2 aromatic rings. The summed E-state index contributed by atoms with van der Waals surface area (Å²) in [5.74, 6) is 1.17. The molecule has 38 heavy (non-hydrogen) atoms. The lowest BCUT2D eigenvalue weighted by atomic mass is 10.0. The number of carbonyl (C=O) groups is 2. The zero-order chi connectivity index (χ0) is 28.0. The molecule has 1 amide bonds. The zero-order valence-corrected chi connectivity index (χ0v) is 23.1. The van der Waals surface area contributed by atoms with Crippen LogP contribution in [0.3, 0.4) is 0 Å². The second-order valence-electron chi connectivity index (χ2n) is 9.07. The largest absolute Gasteiger partial charge is 0.491 e. The van der Waals surface area contributed by atoms with Gasteiger partial charge in [0.15, 0.2) is 11.6 Å². The van der Waals surface area contributed by atoms with Crippen LogP contribution in [0.4, 0.5) is 10.6 Å². The number of nitrogens with one attached hydrogen (secondary N) is 1. The van der Waals surface area contributed by atoms with Gasteiger partial charge in [-0.25, -0.2) is 14.8 Å². The normalized spacial score (nSPS) is 15.1. The number of methoxy groups -OCH3 is 1. The molecule has 0 unspecified atom stereocenters. The van der Waals surface area contributed by atoms with Crippen molar-refractivity contribution in [3.05, 3.63) is 40.2 Å². The number of likely N-dealkylation sites (N-methyl/N-ethyl adjacent to an activating group) is 1. The Labute approximate surface area is 227 Å². The number of hydrogen-bond acceptors (Lipinski definition) is 10. The van der Waals surface area contributed by atoms with Crippen LogP contribution < -0.4 is 20.7 Å². The van der Waals surface area contributed by atoms with E-state index in [0.717, 1.165) is 0 Å². The molecule has 1 saturated heterocycles. The molecule has 0 saturated carbocycles. The summed E-state index contributed by atoms with van der Waals surface area (Å²) in [6.45, 7) is 7.33. The lowest BCUT2D eigenvalue weighted by Crippen LogP contribution is -2.49. The summed E-state index contributed by atoms with van der Waals surface area (Å²) < 4.78 is 10.6. The molecule has 1 aliphatic heterocycles. The third-order valence-corrected chi connectivity index (χ3v) is 6.51. The van der Waals surface area contributed by atoms with Crippen molar-refractivity contribution in [3.63, 3.8) is 0 Å². The number of amides is 1. The van der Waals surface area contributed by atoms with Crippen LogP contribution in [0.2, 0.25) is 5.02 Å². The summed E-state index contributed by atoms with van der Waals surface area (Å²) >= 11 is 6.58. The number of aliphatic hydroxyl groups excluding tert-OH is 1. The van der Waals surface area contributed by atoms with Crippen molar-refractivity contribution in [2.24, 2.45) is 5.73 Å². The smallest absolute Gasteiger partial charge is 0.409 e. The Morgan fingerprint density at radius 2 is 1.89 bits per heavy atom. The van der Waals surface area contributed by atoms with Crippen LogP contribution in [-0.4, -0.2) is 91.4 Å². The van der Waals surface area contributed by atoms with Crippen LogP contribution in [0.5, 0.6) is 5.75 Å². The van der Waals surface area contributed by atoms with E-state index >= 15 is 0 Å². The van der Waals surface area contributed by atoms with Gasteiger partial charge in [0.25, 0.3) is 0 Å². The first-order chi connectivity index (χ1) is 18.1. The maximum absolute atomic E-state index is 12.6. The first-order valence-corrected chi connectivity index (χ1v) is 12.6. The van der Waals surface area contributed by atoms with Crippen LogP contribution >= 0.6 is 11.6 Å². The number of ketones is 1. The van der Waals surface area contributed by atoms with Crippen LogP contribution in [0.25, 0.3) is 17.0 Å². The van der Waals surface area contributed by atoms with E-state index in [1.54, 1.807) is 37.1 Å². The Morgan fingerprint density at radius 3 is 2.47 bits per heavy atom. The monoisotopic (exact) mass is 546 g/mol. The van der Waals surface area contributed by atoms with E-state index in [-0.39, 0.29) is 18.5 Å². The Bertz CT molecular complexity index is 1210. The van der Waals surface area contributed by atoms with Gasteiger partial charge in [0, 0.05) is 49.5 Å². The number of aliphatic hydroxyl groups is 1. The molecule has 2 heterocycles. The predicted octanol–water partition coefficient (Wildman–Crippen LogP) is 2.23. The van der Waals surface area contributed by atoms with Crippen molar-refractivity contribution in [1.82, 2.24) is 20.2 Å². The van der Waals surface area contributed by atoms with Crippen molar-refractivity contribution in [3.8, 4) is 17.1 Å². The van der Waals surface area contributed by atoms with Gasteiger partial charge in [-0.3, -0.25) is 4.79 Å². The number of piperazine rings is 1. The maximum Gasteiger partial charge on any atom is 0.409 e. The Balaban J connectivity index is 2.08. The van der Waals surface area contributed by atoms with Gasteiger partial charge in [-0.15, -0.1) is 0 Å². The summed E-state index contributed by atoms with van der Waals surface area (Å²) in [7, 11) is 3.10. The van der Waals surface area contributed by atoms with Crippen LogP contribution in [0, 0.1) is 6.92 Å². The first-order valence-electron chi connectivity index (χ1n) is 12.3. The number of nitrogens with zero attached hydrogens (tertiary/aromatic N) is 4. The van der Waals surface area contributed by atoms with Crippen LogP contribution in [0.15, 0.2) is 23.9 Å². The molecule has 11 nitrogen and oxygen atoms in total. The number of Topliss-reactive ketones (excluding diaryl/α,β-unsaturated/α-hetero) is 1. The molecule has 12 heteroatoms. The molecular weight excluding hydrogens is 512 g/mol. The van der Waals surface area contributed by atoms with E-state index in [4.69, 9.17) is 36.8 Å². The topological polar surface area (TPSA) is 143 Å². The van der Waals surface area contributed by atoms with E-state index in [1.807, 2.05) is 11.8 Å². The molecule has 0 spiro atoms. The Hall–Kier alpha value is -3.41. The minimum atomic E-state index is -0.688. The fourth-order valence-electron chi connectivity index (χ4n) is 4.29. The first kappa shape index (κ1) is 29.2. The van der Waals surface area contributed by atoms with Gasteiger partial charge in [-0.05, 0) is 46.0 Å². The molecule has 4 N–H and O–H groups in total. The highest BCUT2D eigenvalue weighted by molar-refractivity contribution is 6.33. The molecule has 1 fully saturated rings. The molecule has 0 radical (unpaired) electrons.